The van der Waals surface area contributed by atoms with Crippen molar-refractivity contribution in [3.8, 4) is 28.1 Å². The number of amides is 1. The van der Waals surface area contributed by atoms with Crippen LogP contribution < -0.4 is 10.9 Å². The van der Waals surface area contributed by atoms with Gasteiger partial charge in [-0.2, -0.15) is 5.10 Å². The fourth-order valence-corrected chi connectivity index (χ4v) is 3.96. The summed E-state index contributed by atoms with van der Waals surface area (Å²) in [5.74, 6) is -1.30. The van der Waals surface area contributed by atoms with Gasteiger partial charge in [-0.05, 0) is 23.3 Å². The number of phenolic OH excluding ortho intramolecular Hbond substituents is 1. The Labute approximate surface area is 207 Å². The van der Waals surface area contributed by atoms with Crippen LogP contribution in [0.3, 0.4) is 0 Å². The van der Waals surface area contributed by atoms with E-state index < -0.39 is 23.5 Å². The third-order valence-corrected chi connectivity index (χ3v) is 5.75. The number of benzene rings is 3. The van der Waals surface area contributed by atoms with E-state index in [9.17, 15) is 19.5 Å². The van der Waals surface area contributed by atoms with Crippen LogP contribution in [0.1, 0.15) is 15.9 Å². The Bertz CT molecular complexity index is 1430. The summed E-state index contributed by atoms with van der Waals surface area (Å²) in [5, 5.41) is 16.7. The molecule has 8 heteroatoms. The van der Waals surface area contributed by atoms with Gasteiger partial charge in [0.1, 0.15) is 17.4 Å². The van der Waals surface area contributed by atoms with Gasteiger partial charge in [-0.15, -0.1) is 0 Å². The number of nitrogens with one attached hydrogen (secondary N) is 1. The quantitative estimate of drug-likeness (QED) is 0.390. The third kappa shape index (κ3) is 5.17. The molecule has 4 rings (SSSR count). The van der Waals surface area contributed by atoms with Crippen LogP contribution in [0.15, 0.2) is 89.7 Å². The zero-order valence-corrected chi connectivity index (χ0v) is 19.8. The Kier molecular flexibility index (Phi) is 7.25. The summed E-state index contributed by atoms with van der Waals surface area (Å²) in [4.78, 5) is 39.5. The number of phenols is 1. The molecule has 4 aromatic rings. The standard InChI is InChI=1S/C28H25N3O5/c1-31-27(34)24(26(33)29-22(28(35)36-2)17-18-13-15-21(32)16-14-18)23(19-9-5-3-6-10-19)25(30-31)20-11-7-4-8-12-20/h3-16,22,32H,17H2,1-2H3,(H,29,33). The smallest absolute Gasteiger partial charge is 0.328 e. The molecular weight excluding hydrogens is 458 g/mol. The molecule has 0 bridgehead atoms. The minimum atomic E-state index is -1.06. The molecular formula is C28H25N3O5. The highest BCUT2D eigenvalue weighted by molar-refractivity contribution is 6.05. The molecule has 1 heterocycles. The van der Waals surface area contributed by atoms with Crippen LogP contribution in [0.25, 0.3) is 22.4 Å². The molecule has 0 aliphatic rings. The lowest BCUT2D eigenvalue weighted by Crippen LogP contribution is -2.45. The van der Waals surface area contributed by atoms with E-state index in [0.29, 0.717) is 22.4 Å². The fourth-order valence-electron chi connectivity index (χ4n) is 3.96. The lowest BCUT2D eigenvalue weighted by atomic mass is 9.94. The van der Waals surface area contributed by atoms with Gasteiger partial charge >= 0.3 is 5.97 Å². The molecule has 0 aliphatic heterocycles. The van der Waals surface area contributed by atoms with Crippen molar-refractivity contribution < 1.29 is 19.4 Å². The van der Waals surface area contributed by atoms with E-state index in [0.717, 1.165) is 10.2 Å². The van der Waals surface area contributed by atoms with Gasteiger partial charge in [-0.25, -0.2) is 9.48 Å². The van der Waals surface area contributed by atoms with Crippen molar-refractivity contribution in [2.24, 2.45) is 7.05 Å². The Hall–Kier alpha value is -4.72. The molecule has 3 aromatic carbocycles. The fraction of sp³-hybridized carbons (Fsp3) is 0.143. The van der Waals surface area contributed by atoms with Gasteiger partial charge in [0, 0.05) is 24.6 Å². The topological polar surface area (TPSA) is 111 Å². The molecule has 1 atom stereocenters. The number of hydrogen-bond acceptors (Lipinski definition) is 6. The van der Waals surface area contributed by atoms with E-state index in [1.54, 1.807) is 24.3 Å². The molecule has 1 amide bonds. The maximum absolute atomic E-state index is 13.7. The van der Waals surface area contributed by atoms with Crippen LogP contribution in [0, 0.1) is 0 Å². The van der Waals surface area contributed by atoms with Gasteiger partial charge in [0.05, 0.1) is 12.8 Å². The number of aromatic hydroxyl groups is 1. The van der Waals surface area contributed by atoms with Crippen molar-refractivity contribution in [1.82, 2.24) is 15.1 Å². The highest BCUT2D eigenvalue weighted by atomic mass is 16.5. The second kappa shape index (κ2) is 10.7. The van der Waals surface area contributed by atoms with E-state index in [2.05, 4.69) is 10.4 Å². The molecule has 0 fully saturated rings. The van der Waals surface area contributed by atoms with Gasteiger partial charge in [0.25, 0.3) is 11.5 Å². The zero-order valence-electron chi connectivity index (χ0n) is 19.8. The second-order valence-corrected chi connectivity index (χ2v) is 8.18. The first-order chi connectivity index (χ1) is 17.4. The molecule has 1 unspecified atom stereocenters. The van der Waals surface area contributed by atoms with Crippen LogP contribution in [0.5, 0.6) is 5.75 Å². The third-order valence-electron chi connectivity index (χ3n) is 5.75. The van der Waals surface area contributed by atoms with E-state index >= 15 is 0 Å². The van der Waals surface area contributed by atoms with E-state index in [1.807, 2.05) is 48.5 Å². The monoisotopic (exact) mass is 483 g/mol. The van der Waals surface area contributed by atoms with Gasteiger partial charge in [-0.3, -0.25) is 9.59 Å². The Balaban J connectivity index is 1.83. The largest absolute Gasteiger partial charge is 0.508 e. The van der Waals surface area contributed by atoms with Gasteiger partial charge < -0.3 is 15.2 Å². The summed E-state index contributed by atoms with van der Waals surface area (Å²) < 4.78 is 6.03. The maximum Gasteiger partial charge on any atom is 0.328 e. The Morgan fingerprint density at radius 1 is 0.944 bits per heavy atom. The van der Waals surface area contributed by atoms with Crippen LogP contribution in [0.4, 0.5) is 0 Å². The molecule has 36 heavy (non-hydrogen) atoms. The molecule has 2 N–H and O–H groups in total. The Morgan fingerprint density at radius 2 is 1.53 bits per heavy atom. The molecule has 1 aromatic heterocycles. The summed E-state index contributed by atoms with van der Waals surface area (Å²) in [6, 6.07) is 23.5. The number of esters is 1. The number of methoxy groups -OCH3 is 1. The first-order valence-electron chi connectivity index (χ1n) is 11.3. The SMILES string of the molecule is COC(=O)C(Cc1ccc(O)cc1)NC(=O)c1c(-c2ccccc2)c(-c2ccccc2)nn(C)c1=O. The highest BCUT2D eigenvalue weighted by Crippen LogP contribution is 2.32. The number of rotatable bonds is 7. The van der Waals surface area contributed by atoms with Crippen molar-refractivity contribution in [1.29, 1.82) is 0 Å². The lowest BCUT2D eigenvalue weighted by Gasteiger charge is -2.19. The summed E-state index contributed by atoms with van der Waals surface area (Å²) in [5.41, 5.74) is 2.17. The second-order valence-electron chi connectivity index (χ2n) is 8.18. The average molecular weight is 484 g/mol. The molecule has 8 nitrogen and oxygen atoms in total. The van der Waals surface area contributed by atoms with Crippen LogP contribution in [-0.4, -0.2) is 39.9 Å². The molecule has 0 radical (unpaired) electrons. The van der Waals surface area contributed by atoms with E-state index in [-0.39, 0.29) is 17.7 Å². The highest BCUT2D eigenvalue weighted by Gasteiger charge is 2.28. The number of nitrogens with zero attached hydrogens (tertiary/aromatic N) is 2. The lowest BCUT2D eigenvalue weighted by molar-refractivity contribution is -0.142. The average Bonchev–Trinajstić information content (AvgIpc) is 2.91. The Morgan fingerprint density at radius 3 is 2.11 bits per heavy atom. The van der Waals surface area contributed by atoms with Crippen molar-refractivity contribution in [3.05, 3.63) is 106 Å². The number of carbonyl (C=O) groups is 2. The normalized spacial score (nSPS) is 11.5. The molecule has 0 spiro atoms. The van der Waals surface area contributed by atoms with Crippen LogP contribution >= 0.6 is 0 Å². The first kappa shape index (κ1) is 24.4. The van der Waals surface area contributed by atoms with Crippen LogP contribution in [0.2, 0.25) is 0 Å². The summed E-state index contributed by atoms with van der Waals surface area (Å²) in [6.45, 7) is 0. The maximum atomic E-state index is 13.7. The van der Waals surface area contributed by atoms with Crippen molar-refractivity contribution in [2.75, 3.05) is 7.11 Å². The van der Waals surface area contributed by atoms with Gasteiger partial charge in [-0.1, -0.05) is 72.8 Å². The number of aryl methyl sites for hydroxylation is 1. The van der Waals surface area contributed by atoms with Gasteiger partial charge in [0.15, 0.2) is 0 Å². The molecule has 0 saturated heterocycles. The summed E-state index contributed by atoms with van der Waals surface area (Å²) in [7, 11) is 2.71. The number of carbonyl (C=O) groups excluding carboxylic acids is 2. The minimum Gasteiger partial charge on any atom is -0.508 e. The van der Waals surface area contributed by atoms with Crippen molar-refractivity contribution >= 4 is 11.9 Å². The predicted molar refractivity (Wildman–Crippen MR) is 135 cm³/mol. The number of hydrogen-bond donors (Lipinski definition) is 2. The molecule has 182 valence electrons. The summed E-state index contributed by atoms with van der Waals surface area (Å²) >= 11 is 0. The van der Waals surface area contributed by atoms with Crippen LogP contribution in [-0.2, 0) is 23.0 Å². The predicted octanol–water partition coefficient (Wildman–Crippen LogP) is 3.33. The zero-order chi connectivity index (χ0) is 25.7. The minimum absolute atomic E-state index is 0.0821. The van der Waals surface area contributed by atoms with E-state index in [1.165, 1.54) is 26.3 Å². The van der Waals surface area contributed by atoms with Crippen molar-refractivity contribution in [3.63, 3.8) is 0 Å². The number of aromatic nitrogens is 2. The van der Waals surface area contributed by atoms with E-state index in [4.69, 9.17) is 4.74 Å². The summed E-state index contributed by atoms with van der Waals surface area (Å²) in [6.07, 6.45) is 0.107. The first-order valence-corrected chi connectivity index (χ1v) is 11.3. The van der Waals surface area contributed by atoms with Gasteiger partial charge in [0.2, 0.25) is 0 Å². The molecule has 0 aliphatic carbocycles. The molecule has 0 saturated carbocycles. The van der Waals surface area contributed by atoms with Crippen molar-refractivity contribution in [2.45, 2.75) is 12.5 Å². The number of ether oxygens (including phenoxy) is 1.